The van der Waals surface area contributed by atoms with E-state index in [1.54, 1.807) is 6.92 Å². The van der Waals surface area contributed by atoms with Crippen molar-refractivity contribution in [2.75, 3.05) is 6.54 Å². The van der Waals surface area contributed by atoms with Crippen molar-refractivity contribution in [3.63, 3.8) is 0 Å². The van der Waals surface area contributed by atoms with Crippen LogP contribution in [0, 0.1) is 18.2 Å². The molecule has 1 aromatic rings. The highest BCUT2D eigenvalue weighted by Gasteiger charge is 2.26. The average molecular weight is 266 g/mol. The summed E-state index contributed by atoms with van der Waals surface area (Å²) in [6.07, 6.45) is 0.718. The summed E-state index contributed by atoms with van der Waals surface area (Å²) in [7, 11) is 0. The molecule has 0 saturated carbocycles. The van der Waals surface area contributed by atoms with Gasteiger partial charge in [-0.25, -0.2) is 4.39 Å². The fourth-order valence-corrected chi connectivity index (χ4v) is 2.01. The van der Waals surface area contributed by atoms with E-state index in [1.807, 2.05) is 0 Å². The van der Waals surface area contributed by atoms with Crippen molar-refractivity contribution in [2.45, 2.75) is 40.2 Å². The molecule has 1 unspecified atom stereocenters. The lowest BCUT2D eigenvalue weighted by Gasteiger charge is -2.31. The molecule has 0 aliphatic carbocycles. The Morgan fingerprint density at radius 3 is 2.53 bits per heavy atom. The average Bonchev–Trinajstić information content (AvgIpc) is 2.26. The number of carbonyl (C=O) groups is 1. The molecule has 0 aliphatic heterocycles. The van der Waals surface area contributed by atoms with Gasteiger partial charge < -0.3 is 11.1 Å². The number of hydrogen-bond donors (Lipinski definition) is 2. The van der Waals surface area contributed by atoms with Crippen LogP contribution in [0.25, 0.3) is 0 Å². The molecule has 19 heavy (non-hydrogen) atoms. The van der Waals surface area contributed by atoms with Gasteiger partial charge in [-0.15, -0.1) is 0 Å². The Morgan fingerprint density at radius 2 is 2.05 bits per heavy atom. The molecule has 1 rings (SSSR count). The van der Waals surface area contributed by atoms with Crippen molar-refractivity contribution < 1.29 is 9.18 Å². The summed E-state index contributed by atoms with van der Waals surface area (Å²) in [4.78, 5) is 12.2. The van der Waals surface area contributed by atoms with Crippen LogP contribution in [-0.4, -0.2) is 18.5 Å². The molecule has 1 atom stereocenters. The van der Waals surface area contributed by atoms with Gasteiger partial charge in [-0.3, -0.25) is 4.79 Å². The Bertz CT molecular complexity index is 452. The van der Waals surface area contributed by atoms with Gasteiger partial charge in [0.25, 0.3) is 5.91 Å². The third-order valence-corrected chi connectivity index (χ3v) is 3.24. The van der Waals surface area contributed by atoms with Gasteiger partial charge >= 0.3 is 0 Å². The molecule has 3 nitrogen and oxygen atoms in total. The summed E-state index contributed by atoms with van der Waals surface area (Å²) in [6, 6.07) is 4.18. The Hall–Kier alpha value is -1.42. The number of amides is 1. The molecular weight excluding hydrogens is 243 g/mol. The lowest BCUT2D eigenvalue weighted by atomic mass is 9.84. The normalized spacial score (nSPS) is 13.2. The van der Waals surface area contributed by atoms with Gasteiger partial charge in [0.05, 0.1) is 0 Å². The van der Waals surface area contributed by atoms with Crippen LogP contribution < -0.4 is 11.1 Å². The van der Waals surface area contributed by atoms with E-state index in [0.29, 0.717) is 17.7 Å². The van der Waals surface area contributed by atoms with Crippen molar-refractivity contribution in [1.29, 1.82) is 0 Å². The Balaban J connectivity index is 2.88. The first-order valence-electron chi connectivity index (χ1n) is 6.52. The van der Waals surface area contributed by atoms with E-state index in [4.69, 9.17) is 5.73 Å². The van der Waals surface area contributed by atoms with E-state index < -0.39 is 0 Å². The summed E-state index contributed by atoms with van der Waals surface area (Å²) in [6.45, 7) is 8.43. The first kappa shape index (κ1) is 15.6. The van der Waals surface area contributed by atoms with E-state index in [-0.39, 0.29) is 23.2 Å². The van der Waals surface area contributed by atoms with Crippen LogP contribution in [0.1, 0.15) is 43.1 Å². The Kier molecular flexibility index (Phi) is 5.06. The number of hydrogen-bond acceptors (Lipinski definition) is 2. The molecule has 0 bridgehead atoms. The quantitative estimate of drug-likeness (QED) is 0.880. The van der Waals surface area contributed by atoms with Crippen LogP contribution >= 0.6 is 0 Å². The van der Waals surface area contributed by atoms with Crippen LogP contribution in [0.3, 0.4) is 0 Å². The summed E-state index contributed by atoms with van der Waals surface area (Å²) in [5, 5.41) is 2.99. The molecule has 0 radical (unpaired) electrons. The zero-order valence-corrected chi connectivity index (χ0v) is 12.1. The van der Waals surface area contributed by atoms with Gasteiger partial charge in [-0.05, 0) is 49.1 Å². The van der Waals surface area contributed by atoms with Crippen LogP contribution in [0.5, 0.6) is 0 Å². The fraction of sp³-hybridized carbons (Fsp3) is 0.533. The minimum atomic E-state index is -0.330. The predicted octanol–water partition coefficient (Wildman–Crippen LogP) is 2.63. The maximum Gasteiger partial charge on any atom is 0.251 e. The first-order valence-corrected chi connectivity index (χ1v) is 6.52. The molecule has 0 heterocycles. The predicted molar refractivity (Wildman–Crippen MR) is 75.5 cm³/mol. The Morgan fingerprint density at radius 1 is 1.42 bits per heavy atom. The van der Waals surface area contributed by atoms with Crippen LogP contribution in [-0.2, 0) is 0 Å². The maximum atomic E-state index is 13.0. The minimum absolute atomic E-state index is 0.00514. The molecule has 0 fully saturated rings. The van der Waals surface area contributed by atoms with E-state index in [0.717, 1.165) is 6.42 Å². The zero-order valence-electron chi connectivity index (χ0n) is 12.1. The van der Waals surface area contributed by atoms with E-state index in [9.17, 15) is 9.18 Å². The monoisotopic (exact) mass is 266 g/mol. The number of nitrogens with one attached hydrogen (secondary N) is 1. The summed E-state index contributed by atoms with van der Waals surface area (Å²) in [5.41, 5.74) is 6.67. The first-order chi connectivity index (χ1) is 8.75. The molecule has 4 heteroatoms. The molecule has 0 aromatic heterocycles. The number of benzene rings is 1. The highest BCUT2D eigenvalue weighted by molar-refractivity contribution is 5.95. The number of carbonyl (C=O) groups excluding carboxylic acids is 1. The van der Waals surface area contributed by atoms with Crippen LogP contribution in [0.2, 0.25) is 0 Å². The third kappa shape index (κ3) is 4.31. The largest absolute Gasteiger partial charge is 0.349 e. The second-order valence-corrected chi connectivity index (χ2v) is 5.93. The van der Waals surface area contributed by atoms with E-state index in [2.05, 4.69) is 26.1 Å². The van der Waals surface area contributed by atoms with Gasteiger partial charge in [0.1, 0.15) is 5.82 Å². The second kappa shape index (κ2) is 6.15. The van der Waals surface area contributed by atoms with Gasteiger partial charge in [0.2, 0.25) is 0 Å². The number of aryl methyl sites for hydroxylation is 1. The molecule has 1 aromatic carbocycles. The molecule has 0 aliphatic rings. The Labute approximate surface area is 114 Å². The smallest absolute Gasteiger partial charge is 0.251 e. The molecular formula is C15H23FN2O. The maximum absolute atomic E-state index is 13.0. The number of nitrogens with two attached hydrogens (primary N) is 1. The summed E-state index contributed by atoms with van der Waals surface area (Å²) >= 11 is 0. The van der Waals surface area contributed by atoms with Gasteiger partial charge in [-0.2, -0.15) is 0 Å². The van der Waals surface area contributed by atoms with Gasteiger partial charge in [-0.1, -0.05) is 20.8 Å². The third-order valence-electron chi connectivity index (χ3n) is 3.24. The zero-order chi connectivity index (χ0) is 14.6. The number of rotatable bonds is 4. The van der Waals surface area contributed by atoms with Crippen LogP contribution in [0.4, 0.5) is 4.39 Å². The van der Waals surface area contributed by atoms with E-state index in [1.165, 1.54) is 18.2 Å². The van der Waals surface area contributed by atoms with Gasteiger partial charge in [0, 0.05) is 11.6 Å². The summed E-state index contributed by atoms with van der Waals surface area (Å²) < 4.78 is 13.0. The van der Waals surface area contributed by atoms with Crippen molar-refractivity contribution in [3.05, 3.63) is 35.1 Å². The molecule has 0 saturated heterocycles. The van der Waals surface area contributed by atoms with Crippen molar-refractivity contribution >= 4 is 5.91 Å². The van der Waals surface area contributed by atoms with Crippen molar-refractivity contribution in [2.24, 2.45) is 11.1 Å². The highest BCUT2D eigenvalue weighted by Crippen LogP contribution is 2.22. The lowest BCUT2D eigenvalue weighted by Crippen LogP contribution is -2.45. The topological polar surface area (TPSA) is 55.1 Å². The fourth-order valence-electron chi connectivity index (χ4n) is 2.01. The van der Waals surface area contributed by atoms with Crippen molar-refractivity contribution in [3.8, 4) is 0 Å². The standard InChI is InChI=1S/C15H23FN2O/c1-10-9-11(16)5-6-12(10)14(19)18-13(7-8-17)15(2,3)4/h5-6,9,13H,7-8,17H2,1-4H3,(H,18,19). The van der Waals surface area contributed by atoms with Crippen LogP contribution in [0.15, 0.2) is 18.2 Å². The molecule has 106 valence electrons. The lowest BCUT2D eigenvalue weighted by molar-refractivity contribution is 0.0898. The van der Waals surface area contributed by atoms with Gasteiger partial charge in [0.15, 0.2) is 0 Å². The minimum Gasteiger partial charge on any atom is -0.349 e. The second-order valence-electron chi connectivity index (χ2n) is 5.93. The SMILES string of the molecule is Cc1cc(F)ccc1C(=O)NC(CCN)C(C)(C)C. The van der Waals surface area contributed by atoms with Crippen molar-refractivity contribution in [1.82, 2.24) is 5.32 Å². The molecule has 3 N–H and O–H groups in total. The number of halogens is 1. The molecule has 0 spiro atoms. The highest BCUT2D eigenvalue weighted by atomic mass is 19.1. The van der Waals surface area contributed by atoms with E-state index >= 15 is 0 Å². The summed E-state index contributed by atoms with van der Waals surface area (Å²) in [5.74, 6) is -0.505. The molecule has 1 amide bonds.